The van der Waals surface area contributed by atoms with Crippen molar-refractivity contribution >= 4 is 5.91 Å². The lowest BCUT2D eigenvalue weighted by Crippen LogP contribution is -2.30. The second-order valence-electron chi connectivity index (χ2n) is 3.70. The van der Waals surface area contributed by atoms with Gasteiger partial charge in [-0.05, 0) is 6.07 Å². The molecular weight excluding hydrogens is 215 g/mol. The second kappa shape index (κ2) is 4.15. The van der Waals surface area contributed by atoms with Crippen molar-refractivity contribution in [2.24, 2.45) is 0 Å². The first-order valence-corrected chi connectivity index (χ1v) is 4.84. The van der Waals surface area contributed by atoms with Crippen LogP contribution in [0.2, 0.25) is 0 Å². The summed E-state index contributed by atoms with van der Waals surface area (Å²) in [5.74, 6) is -1.25. The maximum absolute atomic E-state index is 13.3. The molecule has 0 bridgehead atoms. The highest BCUT2D eigenvalue weighted by molar-refractivity contribution is 5.94. The third kappa shape index (κ3) is 1.89. The van der Waals surface area contributed by atoms with Gasteiger partial charge in [-0.1, -0.05) is 0 Å². The molecule has 6 heteroatoms. The van der Waals surface area contributed by atoms with Gasteiger partial charge in [-0.2, -0.15) is 0 Å². The Balaban J connectivity index is 2.18. The summed E-state index contributed by atoms with van der Waals surface area (Å²) >= 11 is 0. The van der Waals surface area contributed by atoms with E-state index in [0.717, 1.165) is 6.20 Å². The summed E-state index contributed by atoms with van der Waals surface area (Å²) in [4.78, 5) is 16.6. The van der Waals surface area contributed by atoms with E-state index < -0.39 is 23.9 Å². The zero-order valence-electron chi connectivity index (χ0n) is 8.38. The van der Waals surface area contributed by atoms with Gasteiger partial charge in [-0.3, -0.25) is 9.78 Å². The Labute approximate surface area is 91.1 Å². The van der Waals surface area contributed by atoms with Crippen LogP contribution in [-0.2, 0) is 0 Å². The van der Waals surface area contributed by atoms with Crippen molar-refractivity contribution in [3.05, 3.63) is 29.8 Å². The van der Waals surface area contributed by atoms with E-state index in [4.69, 9.17) is 0 Å². The summed E-state index contributed by atoms with van der Waals surface area (Å²) in [5.41, 5.74) is -0.101. The molecule has 0 aliphatic carbocycles. The average molecular weight is 226 g/mol. The number of β-amino-alcohol motifs (C(OH)–C–C–N with tert-alkyl or cyclic N) is 2. The van der Waals surface area contributed by atoms with Gasteiger partial charge in [0, 0.05) is 19.3 Å². The lowest BCUT2D eigenvalue weighted by molar-refractivity contribution is 0.0572. The number of nitrogens with zero attached hydrogens (tertiary/aromatic N) is 2. The quantitative estimate of drug-likeness (QED) is 0.670. The fourth-order valence-electron chi connectivity index (χ4n) is 1.65. The number of pyridine rings is 1. The van der Waals surface area contributed by atoms with E-state index in [1.54, 1.807) is 0 Å². The van der Waals surface area contributed by atoms with Gasteiger partial charge in [-0.15, -0.1) is 0 Å². The summed E-state index contributed by atoms with van der Waals surface area (Å²) in [6, 6.07) is 1.27. The Morgan fingerprint density at radius 2 is 2.06 bits per heavy atom. The summed E-state index contributed by atoms with van der Waals surface area (Å²) in [5, 5.41) is 18.6. The topological polar surface area (TPSA) is 73.7 Å². The van der Waals surface area contributed by atoms with Crippen LogP contribution in [0.5, 0.6) is 0 Å². The summed E-state index contributed by atoms with van der Waals surface area (Å²) in [6.07, 6.45) is 0.345. The maximum Gasteiger partial charge on any atom is 0.257 e. The number of rotatable bonds is 1. The molecule has 0 spiro atoms. The molecule has 0 radical (unpaired) electrons. The summed E-state index contributed by atoms with van der Waals surface area (Å²) < 4.78 is 13.3. The molecule has 1 aliphatic rings. The van der Waals surface area contributed by atoms with Crippen molar-refractivity contribution in [2.45, 2.75) is 12.2 Å². The second-order valence-corrected chi connectivity index (χ2v) is 3.70. The van der Waals surface area contributed by atoms with Crippen LogP contribution < -0.4 is 0 Å². The van der Waals surface area contributed by atoms with Gasteiger partial charge in [0.25, 0.3) is 5.91 Å². The number of hydrogen-bond donors (Lipinski definition) is 2. The molecule has 2 rings (SSSR count). The minimum Gasteiger partial charge on any atom is -0.388 e. The first kappa shape index (κ1) is 11.0. The Morgan fingerprint density at radius 3 is 2.62 bits per heavy atom. The van der Waals surface area contributed by atoms with E-state index in [-0.39, 0.29) is 18.7 Å². The largest absolute Gasteiger partial charge is 0.388 e. The third-order valence-corrected chi connectivity index (χ3v) is 2.55. The highest BCUT2D eigenvalue weighted by Crippen LogP contribution is 2.15. The number of halogens is 1. The fraction of sp³-hybridized carbons (Fsp3) is 0.400. The molecule has 0 saturated carbocycles. The van der Waals surface area contributed by atoms with Crippen LogP contribution in [-0.4, -0.2) is 51.3 Å². The molecule has 2 atom stereocenters. The molecular formula is C10H11FN2O3. The van der Waals surface area contributed by atoms with Crippen LogP contribution in [0.3, 0.4) is 0 Å². The molecule has 1 saturated heterocycles. The highest BCUT2D eigenvalue weighted by Gasteiger charge is 2.33. The molecule has 2 heterocycles. The van der Waals surface area contributed by atoms with Gasteiger partial charge >= 0.3 is 0 Å². The minimum atomic E-state index is -0.964. The zero-order valence-corrected chi connectivity index (χ0v) is 8.38. The van der Waals surface area contributed by atoms with Crippen molar-refractivity contribution in [1.29, 1.82) is 0 Å². The first-order valence-electron chi connectivity index (χ1n) is 4.84. The average Bonchev–Trinajstić information content (AvgIpc) is 2.59. The molecule has 1 aromatic rings. The van der Waals surface area contributed by atoms with Crippen LogP contribution in [0.4, 0.5) is 4.39 Å². The standard InChI is InChI=1S/C10H11FN2O3/c11-7-3-12-2-1-6(7)10(16)13-4-8(14)9(15)5-13/h1-3,8-9,14-15H,4-5H2/t8-,9+. The molecule has 5 nitrogen and oxygen atoms in total. The smallest absolute Gasteiger partial charge is 0.257 e. The molecule has 0 aromatic carbocycles. The Kier molecular flexibility index (Phi) is 2.84. The van der Waals surface area contributed by atoms with Gasteiger partial charge in [0.05, 0.1) is 24.0 Å². The Morgan fingerprint density at radius 1 is 1.44 bits per heavy atom. The van der Waals surface area contributed by atoms with Crippen molar-refractivity contribution in [2.75, 3.05) is 13.1 Å². The molecule has 1 fully saturated rings. The van der Waals surface area contributed by atoms with Gasteiger partial charge in [0.2, 0.25) is 0 Å². The number of aliphatic hydroxyl groups is 2. The third-order valence-electron chi connectivity index (χ3n) is 2.55. The van der Waals surface area contributed by atoms with Gasteiger partial charge in [-0.25, -0.2) is 4.39 Å². The molecule has 0 unspecified atom stereocenters. The number of amides is 1. The molecule has 1 aliphatic heterocycles. The lowest BCUT2D eigenvalue weighted by atomic mass is 10.2. The van der Waals surface area contributed by atoms with Crippen molar-refractivity contribution in [3.8, 4) is 0 Å². The molecule has 2 N–H and O–H groups in total. The van der Waals surface area contributed by atoms with E-state index in [1.807, 2.05) is 0 Å². The predicted molar refractivity (Wildman–Crippen MR) is 52.1 cm³/mol. The SMILES string of the molecule is O=C(c1ccncc1F)N1C[C@@H](O)[C@@H](O)C1. The number of carbonyl (C=O) groups is 1. The van der Waals surface area contributed by atoms with Crippen LogP contribution >= 0.6 is 0 Å². The molecule has 1 amide bonds. The van der Waals surface area contributed by atoms with Crippen LogP contribution in [0.25, 0.3) is 0 Å². The molecule has 1 aromatic heterocycles. The Bertz CT molecular complexity index is 403. The van der Waals surface area contributed by atoms with E-state index in [2.05, 4.69) is 4.98 Å². The fourth-order valence-corrected chi connectivity index (χ4v) is 1.65. The molecule has 86 valence electrons. The number of carbonyl (C=O) groups excluding carboxylic acids is 1. The van der Waals surface area contributed by atoms with Gasteiger partial charge in [0.1, 0.15) is 0 Å². The normalized spacial score (nSPS) is 24.8. The number of aromatic nitrogens is 1. The van der Waals surface area contributed by atoms with E-state index >= 15 is 0 Å². The van der Waals surface area contributed by atoms with E-state index in [0.29, 0.717) is 0 Å². The predicted octanol–water partition coefficient (Wildman–Crippen LogP) is -0.602. The van der Waals surface area contributed by atoms with Crippen molar-refractivity contribution in [3.63, 3.8) is 0 Å². The summed E-state index contributed by atoms with van der Waals surface area (Å²) in [6.45, 7) is 0.0313. The monoisotopic (exact) mass is 226 g/mol. The summed E-state index contributed by atoms with van der Waals surface area (Å²) in [7, 11) is 0. The van der Waals surface area contributed by atoms with Crippen molar-refractivity contribution < 1.29 is 19.4 Å². The number of aliphatic hydroxyl groups excluding tert-OH is 2. The van der Waals surface area contributed by atoms with Crippen LogP contribution in [0.15, 0.2) is 18.5 Å². The van der Waals surface area contributed by atoms with E-state index in [1.165, 1.54) is 17.2 Å². The Hall–Kier alpha value is -1.53. The van der Waals surface area contributed by atoms with E-state index in [9.17, 15) is 19.4 Å². The van der Waals surface area contributed by atoms with Gasteiger partial charge < -0.3 is 15.1 Å². The maximum atomic E-state index is 13.3. The van der Waals surface area contributed by atoms with Gasteiger partial charge in [0.15, 0.2) is 5.82 Å². The van der Waals surface area contributed by atoms with Crippen LogP contribution in [0.1, 0.15) is 10.4 Å². The first-order chi connectivity index (χ1) is 7.59. The van der Waals surface area contributed by atoms with Crippen LogP contribution in [0, 0.1) is 5.82 Å². The highest BCUT2D eigenvalue weighted by atomic mass is 19.1. The van der Waals surface area contributed by atoms with Crippen molar-refractivity contribution in [1.82, 2.24) is 9.88 Å². The molecule has 16 heavy (non-hydrogen) atoms. The minimum absolute atomic E-state index is 0.0156. The number of likely N-dealkylation sites (tertiary alicyclic amines) is 1. The number of hydrogen-bond acceptors (Lipinski definition) is 4. The zero-order chi connectivity index (χ0) is 11.7. The lowest BCUT2D eigenvalue weighted by Gasteiger charge is -2.15.